The molecule has 6 nitrogen and oxygen atoms in total. The Morgan fingerprint density at radius 3 is 2.43 bits per heavy atom. The summed E-state index contributed by atoms with van der Waals surface area (Å²) in [4.78, 5) is 25.6. The second kappa shape index (κ2) is 9.00. The van der Waals surface area contributed by atoms with Crippen molar-refractivity contribution < 1.29 is 14.3 Å². The monoisotopic (exact) mass is 299 g/mol. The van der Waals surface area contributed by atoms with Gasteiger partial charge in [-0.2, -0.15) is 0 Å². The van der Waals surface area contributed by atoms with Gasteiger partial charge in [-0.25, -0.2) is 0 Å². The summed E-state index contributed by atoms with van der Waals surface area (Å²) in [6, 6.07) is -0.468. The standard InChI is InChI=1S/C15H29N3O3/c1-11(2)9-13(15(20)18(3)4)17-14(19)10-21-12-5-7-16-8-6-12/h11-13,16H,5-10H2,1-4H3,(H,17,19). The number of carbonyl (C=O) groups is 2. The van der Waals surface area contributed by atoms with Gasteiger partial charge in [0.15, 0.2) is 0 Å². The number of carbonyl (C=O) groups excluding carboxylic acids is 2. The van der Waals surface area contributed by atoms with Crippen molar-refractivity contribution in [2.75, 3.05) is 33.8 Å². The zero-order chi connectivity index (χ0) is 15.8. The van der Waals surface area contributed by atoms with Crippen molar-refractivity contribution in [1.82, 2.24) is 15.5 Å². The second-order valence-corrected chi connectivity index (χ2v) is 6.24. The lowest BCUT2D eigenvalue weighted by molar-refractivity contribution is -0.137. The predicted octanol–water partition coefficient (Wildman–Crippen LogP) is 0.374. The number of likely N-dealkylation sites (N-methyl/N-ethyl adjacent to an activating group) is 1. The van der Waals surface area contributed by atoms with E-state index < -0.39 is 6.04 Å². The maximum Gasteiger partial charge on any atom is 0.246 e. The molecule has 1 atom stereocenters. The van der Waals surface area contributed by atoms with Crippen molar-refractivity contribution in [3.05, 3.63) is 0 Å². The molecular weight excluding hydrogens is 270 g/mol. The van der Waals surface area contributed by atoms with Crippen LogP contribution in [0.5, 0.6) is 0 Å². The molecule has 0 aromatic heterocycles. The maximum absolute atomic E-state index is 12.1. The third-order valence-corrected chi connectivity index (χ3v) is 3.52. The molecule has 1 aliphatic rings. The van der Waals surface area contributed by atoms with Crippen LogP contribution in [-0.2, 0) is 14.3 Å². The average molecular weight is 299 g/mol. The maximum atomic E-state index is 12.1. The largest absolute Gasteiger partial charge is 0.368 e. The quantitative estimate of drug-likeness (QED) is 0.713. The lowest BCUT2D eigenvalue weighted by Crippen LogP contribution is -2.48. The summed E-state index contributed by atoms with van der Waals surface area (Å²) in [5, 5.41) is 6.05. The Kier molecular flexibility index (Phi) is 7.67. The SMILES string of the molecule is CC(C)CC(NC(=O)COC1CCNCC1)C(=O)N(C)C. The zero-order valence-corrected chi connectivity index (χ0v) is 13.6. The van der Waals surface area contributed by atoms with Crippen molar-refractivity contribution in [2.45, 2.75) is 45.3 Å². The molecule has 0 aliphatic carbocycles. The first-order chi connectivity index (χ1) is 9.90. The van der Waals surface area contributed by atoms with Crippen LogP contribution >= 0.6 is 0 Å². The van der Waals surface area contributed by atoms with Gasteiger partial charge in [-0.15, -0.1) is 0 Å². The van der Waals surface area contributed by atoms with E-state index in [2.05, 4.69) is 10.6 Å². The molecule has 0 aromatic rings. The summed E-state index contributed by atoms with van der Waals surface area (Å²) in [6.45, 7) is 5.96. The first kappa shape index (κ1) is 17.9. The molecule has 1 aliphatic heterocycles. The van der Waals surface area contributed by atoms with E-state index in [9.17, 15) is 9.59 Å². The van der Waals surface area contributed by atoms with Gasteiger partial charge < -0.3 is 20.3 Å². The van der Waals surface area contributed by atoms with Crippen molar-refractivity contribution in [2.24, 2.45) is 5.92 Å². The first-order valence-corrected chi connectivity index (χ1v) is 7.73. The average Bonchev–Trinajstić information content (AvgIpc) is 2.44. The fourth-order valence-corrected chi connectivity index (χ4v) is 2.40. The Morgan fingerprint density at radius 1 is 1.29 bits per heavy atom. The second-order valence-electron chi connectivity index (χ2n) is 6.24. The molecule has 1 saturated heterocycles. The van der Waals surface area contributed by atoms with E-state index >= 15 is 0 Å². The van der Waals surface area contributed by atoms with E-state index in [4.69, 9.17) is 4.74 Å². The van der Waals surface area contributed by atoms with Crippen LogP contribution < -0.4 is 10.6 Å². The molecule has 0 radical (unpaired) electrons. The van der Waals surface area contributed by atoms with E-state index in [1.165, 1.54) is 4.90 Å². The smallest absolute Gasteiger partial charge is 0.246 e. The molecule has 0 saturated carbocycles. The summed E-state index contributed by atoms with van der Waals surface area (Å²) in [5.74, 6) is 0.0536. The van der Waals surface area contributed by atoms with Crippen LogP contribution in [0.15, 0.2) is 0 Å². The fraction of sp³-hybridized carbons (Fsp3) is 0.867. The molecule has 1 fully saturated rings. The van der Waals surface area contributed by atoms with Gasteiger partial charge in [0, 0.05) is 14.1 Å². The molecule has 6 heteroatoms. The molecule has 0 spiro atoms. The minimum Gasteiger partial charge on any atom is -0.368 e. The highest BCUT2D eigenvalue weighted by Crippen LogP contribution is 2.08. The molecule has 1 unspecified atom stereocenters. The van der Waals surface area contributed by atoms with Gasteiger partial charge in [0.1, 0.15) is 12.6 Å². The van der Waals surface area contributed by atoms with Gasteiger partial charge in [0.2, 0.25) is 11.8 Å². The molecule has 1 rings (SSSR count). The summed E-state index contributed by atoms with van der Waals surface area (Å²) < 4.78 is 5.61. The number of ether oxygens (including phenoxy) is 1. The fourth-order valence-electron chi connectivity index (χ4n) is 2.40. The van der Waals surface area contributed by atoms with E-state index in [0.29, 0.717) is 12.3 Å². The minimum absolute atomic E-state index is 0.0277. The van der Waals surface area contributed by atoms with Crippen LogP contribution in [0.1, 0.15) is 33.1 Å². The van der Waals surface area contributed by atoms with E-state index in [0.717, 1.165) is 25.9 Å². The predicted molar refractivity (Wildman–Crippen MR) is 81.9 cm³/mol. The highest BCUT2D eigenvalue weighted by Gasteiger charge is 2.24. The number of rotatable bonds is 7. The summed E-state index contributed by atoms with van der Waals surface area (Å²) in [7, 11) is 3.40. The van der Waals surface area contributed by atoms with Gasteiger partial charge in [0.25, 0.3) is 0 Å². The molecule has 0 aromatic carbocycles. The minimum atomic E-state index is -0.468. The summed E-state index contributed by atoms with van der Waals surface area (Å²) >= 11 is 0. The number of nitrogens with zero attached hydrogens (tertiary/aromatic N) is 1. The highest BCUT2D eigenvalue weighted by atomic mass is 16.5. The van der Waals surface area contributed by atoms with Gasteiger partial charge in [-0.05, 0) is 38.3 Å². The lowest BCUT2D eigenvalue weighted by Gasteiger charge is -2.25. The van der Waals surface area contributed by atoms with Gasteiger partial charge in [-0.3, -0.25) is 9.59 Å². The van der Waals surface area contributed by atoms with Crippen molar-refractivity contribution in [3.8, 4) is 0 Å². The lowest BCUT2D eigenvalue weighted by atomic mass is 10.0. The molecule has 0 bridgehead atoms. The van der Waals surface area contributed by atoms with Crippen molar-refractivity contribution >= 4 is 11.8 Å². The van der Waals surface area contributed by atoms with Gasteiger partial charge >= 0.3 is 0 Å². The van der Waals surface area contributed by atoms with Gasteiger partial charge in [0.05, 0.1) is 6.10 Å². The Bertz CT molecular complexity index is 339. The molecule has 1 heterocycles. The zero-order valence-electron chi connectivity index (χ0n) is 13.6. The third-order valence-electron chi connectivity index (χ3n) is 3.52. The Morgan fingerprint density at radius 2 is 1.90 bits per heavy atom. The van der Waals surface area contributed by atoms with E-state index in [-0.39, 0.29) is 24.5 Å². The number of hydrogen-bond donors (Lipinski definition) is 2. The Balaban J connectivity index is 2.41. The number of nitrogens with one attached hydrogen (secondary N) is 2. The molecule has 21 heavy (non-hydrogen) atoms. The van der Waals surface area contributed by atoms with Crippen LogP contribution in [0.25, 0.3) is 0 Å². The van der Waals surface area contributed by atoms with Crippen molar-refractivity contribution in [3.63, 3.8) is 0 Å². The van der Waals surface area contributed by atoms with Crippen LogP contribution in [0, 0.1) is 5.92 Å². The number of piperidine rings is 1. The van der Waals surface area contributed by atoms with E-state index in [1.807, 2.05) is 13.8 Å². The van der Waals surface area contributed by atoms with Crippen LogP contribution in [0.2, 0.25) is 0 Å². The van der Waals surface area contributed by atoms with E-state index in [1.54, 1.807) is 14.1 Å². The molecule has 122 valence electrons. The Labute approximate surface area is 127 Å². The van der Waals surface area contributed by atoms with Crippen LogP contribution in [0.4, 0.5) is 0 Å². The molecule has 2 N–H and O–H groups in total. The van der Waals surface area contributed by atoms with Gasteiger partial charge in [-0.1, -0.05) is 13.8 Å². The topological polar surface area (TPSA) is 70.7 Å². The van der Waals surface area contributed by atoms with Crippen LogP contribution in [0.3, 0.4) is 0 Å². The van der Waals surface area contributed by atoms with Crippen molar-refractivity contribution in [1.29, 1.82) is 0 Å². The third kappa shape index (κ3) is 6.91. The highest BCUT2D eigenvalue weighted by molar-refractivity contribution is 5.87. The summed E-state index contributed by atoms with van der Waals surface area (Å²) in [5.41, 5.74) is 0. The number of amides is 2. The molecule has 2 amide bonds. The Hall–Kier alpha value is -1.14. The summed E-state index contributed by atoms with van der Waals surface area (Å²) in [6.07, 6.45) is 2.64. The van der Waals surface area contributed by atoms with Crippen LogP contribution in [-0.4, -0.2) is 62.7 Å². The number of hydrogen-bond acceptors (Lipinski definition) is 4. The first-order valence-electron chi connectivity index (χ1n) is 7.73. The normalized spacial score (nSPS) is 17.6. The molecular formula is C15H29N3O3.